The average molecular weight is 1050 g/mol. The van der Waals surface area contributed by atoms with Gasteiger partial charge in [-0.15, -0.1) is 0 Å². The van der Waals surface area contributed by atoms with Crippen molar-refractivity contribution in [2.45, 2.75) is 322 Å². The van der Waals surface area contributed by atoms with Crippen molar-refractivity contribution in [1.82, 2.24) is 0 Å². The van der Waals surface area contributed by atoms with Gasteiger partial charge in [0.1, 0.15) is 13.2 Å². The van der Waals surface area contributed by atoms with E-state index in [4.69, 9.17) is 14.2 Å². The molecule has 1 unspecified atom stereocenters. The minimum atomic E-state index is -0.790. The van der Waals surface area contributed by atoms with Crippen molar-refractivity contribution in [3.63, 3.8) is 0 Å². The van der Waals surface area contributed by atoms with Crippen molar-refractivity contribution in [2.75, 3.05) is 13.2 Å². The van der Waals surface area contributed by atoms with Gasteiger partial charge in [-0.3, -0.25) is 14.4 Å². The first-order valence-electron chi connectivity index (χ1n) is 32.1. The lowest BCUT2D eigenvalue weighted by atomic mass is 10.0. The Labute approximate surface area is 465 Å². The average Bonchev–Trinajstić information content (AvgIpc) is 3.41. The summed E-state index contributed by atoms with van der Waals surface area (Å²) in [6.45, 7) is 6.52. The van der Waals surface area contributed by atoms with Crippen molar-refractivity contribution in [1.29, 1.82) is 0 Å². The molecule has 432 valence electrons. The molecule has 0 aliphatic heterocycles. The van der Waals surface area contributed by atoms with Crippen molar-refractivity contribution in [2.24, 2.45) is 0 Å². The third kappa shape index (κ3) is 61.3. The molecule has 6 heteroatoms. The maximum atomic E-state index is 12.9. The van der Waals surface area contributed by atoms with E-state index in [0.717, 1.165) is 116 Å². The molecular weight excluding hydrogens is 925 g/mol. The molecule has 0 aromatic rings. The van der Waals surface area contributed by atoms with E-state index in [9.17, 15) is 14.4 Å². The Hall–Kier alpha value is -3.41. The summed E-state index contributed by atoms with van der Waals surface area (Å²) >= 11 is 0. The zero-order valence-corrected chi connectivity index (χ0v) is 49.6. The predicted molar refractivity (Wildman–Crippen MR) is 325 cm³/mol. The van der Waals surface area contributed by atoms with Crippen molar-refractivity contribution in [3.8, 4) is 0 Å². The number of ether oxygens (including phenoxy) is 3. The largest absolute Gasteiger partial charge is 0.462 e. The smallest absolute Gasteiger partial charge is 0.306 e. The zero-order valence-electron chi connectivity index (χ0n) is 49.6. The number of hydrogen-bond acceptors (Lipinski definition) is 6. The highest BCUT2D eigenvalue weighted by atomic mass is 16.6. The number of carbonyl (C=O) groups excluding carboxylic acids is 3. The molecule has 0 N–H and O–H groups in total. The van der Waals surface area contributed by atoms with Gasteiger partial charge in [-0.2, -0.15) is 0 Å². The van der Waals surface area contributed by atoms with E-state index >= 15 is 0 Å². The van der Waals surface area contributed by atoms with Crippen LogP contribution < -0.4 is 0 Å². The topological polar surface area (TPSA) is 78.9 Å². The molecular formula is C69H120O6. The lowest BCUT2D eigenvalue weighted by Gasteiger charge is -2.18. The lowest BCUT2D eigenvalue weighted by Crippen LogP contribution is -2.30. The van der Waals surface area contributed by atoms with Crippen LogP contribution in [0.4, 0.5) is 0 Å². The fourth-order valence-electron chi connectivity index (χ4n) is 9.09. The van der Waals surface area contributed by atoms with Crippen LogP contribution in [-0.2, 0) is 28.6 Å². The van der Waals surface area contributed by atoms with E-state index < -0.39 is 6.10 Å². The molecule has 0 aromatic carbocycles. The number of rotatable bonds is 58. The summed E-state index contributed by atoms with van der Waals surface area (Å²) in [6, 6.07) is 0. The van der Waals surface area contributed by atoms with Crippen LogP contribution in [0.25, 0.3) is 0 Å². The molecule has 0 rings (SSSR count). The molecule has 0 fully saturated rings. The fraction of sp³-hybridized carbons (Fsp3) is 0.754. The standard InChI is InChI=1S/C69H120O6/c1-4-7-10-13-16-19-22-25-28-31-34-37-40-43-46-49-52-55-58-61-67(70)73-64-66(75-69(72)63-60-57-54-51-48-45-42-39-36-33-30-27-24-21-18-15-12-9-6-3)65-74-68(71)62-59-56-53-50-47-44-41-38-35-32-29-26-23-20-17-14-11-8-5-2/h7,10,16,18-19,21,25,27-28,30,34,36-37,39,66H,4-6,8-9,11-15,17,20,22-24,26,29,31-33,35,38,40-65H2,1-3H3/b10-7-,19-16-,21-18-,28-25-,30-27-,37-34-,39-36-. The first kappa shape index (κ1) is 71.6. The van der Waals surface area contributed by atoms with Crippen LogP contribution in [0.1, 0.15) is 316 Å². The fourth-order valence-corrected chi connectivity index (χ4v) is 9.09. The highest BCUT2D eigenvalue weighted by molar-refractivity contribution is 5.71. The van der Waals surface area contributed by atoms with Gasteiger partial charge in [0.05, 0.1) is 0 Å². The molecule has 0 saturated carbocycles. The van der Waals surface area contributed by atoms with Crippen molar-refractivity contribution >= 4 is 17.9 Å². The normalized spacial score (nSPS) is 12.6. The van der Waals surface area contributed by atoms with Crippen LogP contribution in [0, 0.1) is 0 Å². The predicted octanol–water partition coefficient (Wildman–Crippen LogP) is 21.9. The van der Waals surface area contributed by atoms with E-state index in [0.29, 0.717) is 19.3 Å². The van der Waals surface area contributed by atoms with Crippen LogP contribution in [0.3, 0.4) is 0 Å². The van der Waals surface area contributed by atoms with E-state index in [1.165, 1.54) is 161 Å². The number of esters is 3. The van der Waals surface area contributed by atoms with Gasteiger partial charge in [0.25, 0.3) is 0 Å². The highest BCUT2D eigenvalue weighted by Gasteiger charge is 2.19. The summed E-state index contributed by atoms with van der Waals surface area (Å²) in [6.07, 6.45) is 82.9. The van der Waals surface area contributed by atoms with E-state index in [-0.39, 0.29) is 31.1 Å². The Balaban J connectivity index is 4.42. The lowest BCUT2D eigenvalue weighted by molar-refractivity contribution is -0.167. The molecule has 0 radical (unpaired) electrons. The number of hydrogen-bond donors (Lipinski definition) is 0. The van der Waals surface area contributed by atoms with Crippen LogP contribution in [-0.4, -0.2) is 37.2 Å². The molecule has 1 atom stereocenters. The minimum absolute atomic E-state index is 0.0842. The van der Waals surface area contributed by atoms with Gasteiger partial charge in [0.2, 0.25) is 0 Å². The van der Waals surface area contributed by atoms with E-state index in [1.54, 1.807) is 0 Å². The van der Waals surface area contributed by atoms with Crippen LogP contribution in [0.5, 0.6) is 0 Å². The first-order chi connectivity index (χ1) is 37.0. The Bertz CT molecular complexity index is 1430. The summed E-state index contributed by atoms with van der Waals surface area (Å²) in [4.78, 5) is 38.4. The van der Waals surface area contributed by atoms with Gasteiger partial charge >= 0.3 is 17.9 Å². The summed E-state index contributed by atoms with van der Waals surface area (Å²) in [5.74, 6) is -0.897. The Kier molecular flexibility index (Phi) is 60.3. The second kappa shape index (κ2) is 63.1. The molecule has 0 saturated heterocycles. The molecule has 0 amide bonds. The van der Waals surface area contributed by atoms with Gasteiger partial charge < -0.3 is 14.2 Å². The summed E-state index contributed by atoms with van der Waals surface area (Å²) in [7, 11) is 0. The Morgan fingerprint density at radius 1 is 0.280 bits per heavy atom. The van der Waals surface area contributed by atoms with Crippen LogP contribution >= 0.6 is 0 Å². The Morgan fingerprint density at radius 2 is 0.520 bits per heavy atom. The van der Waals surface area contributed by atoms with Crippen LogP contribution in [0.15, 0.2) is 85.1 Å². The molecule has 75 heavy (non-hydrogen) atoms. The zero-order chi connectivity index (χ0) is 54.3. The van der Waals surface area contributed by atoms with E-state index in [1.807, 2.05) is 0 Å². The number of carbonyl (C=O) groups is 3. The van der Waals surface area contributed by atoms with Crippen LogP contribution in [0.2, 0.25) is 0 Å². The molecule has 0 aliphatic carbocycles. The summed E-state index contributed by atoms with van der Waals surface area (Å²) < 4.78 is 16.9. The molecule has 0 bridgehead atoms. The Morgan fingerprint density at radius 3 is 0.840 bits per heavy atom. The maximum Gasteiger partial charge on any atom is 0.306 e. The van der Waals surface area contributed by atoms with Crippen molar-refractivity contribution < 1.29 is 28.6 Å². The van der Waals surface area contributed by atoms with Gasteiger partial charge in [-0.1, -0.05) is 286 Å². The molecule has 6 nitrogen and oxygen atoms in total. The highest BCUT2D eigenvalue weighted by Crippen LogP contribution is 2.17. The van der Waals surface area contributed by atoms with Gasteiger partial charge in [-0.05, 0) is 96.3 Å². The SMILES string of the molecule is CC/C=C\C/C=C\C/C=C\C/C=C\CCCCCCCCC(=O)OCC(COC(=O)CCCCCCCCCCCCCCCCCCCCC)OC(=O)CCCCCCCC/C=C\C/C=C\C/C=C\CCCCC. The van der Waals surface area contributed by atoms with Gasteiger partial charge in [0, 0.05) is 19.3 Å². The first-order valence-corrected chi connectivity index (χ1v) is 32.1. The third-order valence-electron chi connectivity index (χ3n) is 13.9. The second-order valence-corrected chi connectivity index (χ2v) is 21.3. The van der Waals surface area contributed by atoms with Crippen molar-refractivity contribution in [3.05, 3.63) is 85.1 Å². The monoisotopic (exact) mass is 1040 g/mol. The summed E-state index contributed by atoms with van der Waals surface area (Å²) in [5.41, 5.74) is 0. The molecule has 0 heterocycles. The van der Waals surface area contributed by atoms with Gasteiger partial charge in [-0.25, -0.2) is 0 Å². The number of unbranched alkanes of at least 4 members (excludes halogenated alkanes) is 33. The minimum Gasteiger partial charge on any atom is -0.462 e. The number of allylic oxidation sites excluding steroid dienone is 14. The molecule has 0 aliphatic rings. The second-order valence-electron chi connectivity index (χ2n) is 21.3. The maximum absolute atomic E-state index is 12.9. The molecule has 0 spiro atoms. The summed E-state index contributed by atoms with van der Waals surface area (Å²) in [5, 5.41) is 0. The molecule has 0 aromatic heterocycles. The van der Waals surface area contributed by atoms with E-state index in [2.05, 4.69) is 106 Å². The third-order valence-corrected chi connectivity index (χ3v) is 13.9. The quantitative estimate of drug-likeness (QED) is 0.0261. The van der Waals surface area contributed by atoms with Gasteiger partial charge in [0.15, 0.2) is 6.10 Å².